The zero-order chi connectivity index (χ0) is 23.6. The van der Waals surface area contributed by atoms with Crippen LogP contribution in [0.3, 0.4) is 0 Å². The highest BCUT2D eigenvalue weighted by Crippen LogP contribution is 2.31. The number of H-pyrrole nitrogens is 1. The molecule has 4 aromatic rings. The number of carboxylic acids is 1. The first-order valence-corrected chi connectivity index (χ1v) is 10.3. The summed E-state index contributed by atoms with van der Waals surface area (Å²) in [5.41, 5.74) is 3.84. The number of halogens is 3. The SMILES string of the molecule is Cc1nc(-c2ccc(C(F)(F)F)cc2)ccc1CCOc1ccc2c(CC(=O)O)c[nH]c2c1. The van der Waals surface area contributed by atoms with Gasteiger partial charge in [-0.15, -0.1) is 0 Å². The van der Waals surface area contributed by atoms with E-state index in [0.29, 0.717) is 30.0 Å². The first kappa shape index (κ1) is 22.4. The molecule has 5 nitrogen and oxygen atoms in total. The summed E-state index contributed by atoms with van der Waals surface area (Å²) in [6.07, 6.45) is -2.11. The number of carboxylic acid groups (broad SMARTS) is 1. The van der Waals surface area contributed by atoms with Gasteiger partial charge in [0.15, 0.2) is 0 Å². The molecule has 170 valence electrons. The van der Waals surface area contributed by atoms with E-state index in [-0.39, 0.29) is 6.42 Å². The lowest BCUT2D eigenvalue weighted by Gasteiger charge is -2.11. The van der Waals surface area contributed by atoms with Gasteiger partial charge in [-0.3, -0.25) is 9.78 Å². The molecule has 4 rings (SSSR count). The van der Waals surface area contributed by atoms with E-state index in [1.54, 1.807) is 18.3 Å². The fraction of sp³-hybridized carbons (Fsp3) is 0.200. The van der Waals surface area contributed by atoms with Crippen molar-refractivity contribution >= 4 is 16.9 Å². The van der Waals surface area contributed by atoms with Gasteiger partial charge >= 0.3 is 12.1 Å². The summed E-state index contributed by atoms with van der Waals surface area (Å²) >= 11 is 0. The van der Waals surface area contributed by atoms with Crippen molar-refractivity contribution < 1.29 is 27.8 Å². The molecule has 33 heavy (non-hydrogen) atoms. The number of hydrogen-bond donors (Lipinski definition) is 2. The number of fused-ring (bicyclic) bond motifs is 1. The van der Waals surface area contributed by atoms with Crippen LogP contribution in [0.4, 0.5) is 13.2 Å². The lowest BCUT2D eigenvalue weighted by atomic mass is 10.1. The molecule has 0 unspecified atom stereocenters. The number of pyridine rings is 1. The summed E-state index contributed by atoms with van der Waals surface area (Å²) < 4.78 is 44.1. The Bertz CT molecular complexity index is 1290. The molecule has 0 saturated heterocycles. The Hall–Kier alpha value is -3.81. The Morgan fingerprint density at radius 1 is 1.06 bits per heavy atom. The third-order valence-electron chi connectivity index (χ3n) is 5.42. The predicted octanol–water partition coefficient (Wildman–Crippen LogP) is 5.81. The van der Waals surface area contributed by atoms with Crippen molar-refractivity contribution in [1.82, 2.24) is 9.97 Å². The van der Waals surface area contributed by atoms with E-state index < -0.39 is 17.7 Å². The number of aryl methyl sites for hydroxylation is 1. The van der Waals surface area contributed by atoms with Crippen LogP contribution in [0.15, 0.2) is 60.8 Å². The van der Waals surface area contributed by atoms with Gasteiger partial charge in [-0.05, 0) is 48.4 Å². The van der Waals surface area contributed by atoms with Gasteiger partial charge < -0.3 is 14.8 Å². The van der Waals surface area contributed by atoms with E-state index in [1.165, 1.54) is 12.1 Å². The van der Waals surface area contributed by atoms with E-state index in [1.807, 2.05) is 25.1 Å². The highest BCUT2D eigenvalue weighted by molar-refractivity contribution is 5.87. The maximum absolute atomic E-state index is 12.8. The van der Waals surface area contributed by atoms with Crippen LogP contribution in [0.25, 0.3) is 22.2 Å². The minimum Gasteiger partial charge on any atom is -0.493 e. The second kappa shape index (κ2) is 8.97. The van der Waals surface area contributed by atoms with Gasteiger partial charge in [-0.1, -0.05) is 18.2 Å². The number of alkyl halides is 3. The number of ether oxygens (including phenoxy) is 1. The average Bonchev–Trinajstić information content (AvgIpc) is 3.15. The molecule has 0 bridgehead atoms. The zero-order valence-corrected chi connectivity index (χ0v) is 17.7. The molecule has 0 spiro atoms. The summed E-state index contributed by atoms with van der Waals surface area (Å²) in [5, 5.41) is 9.83. The number of carbonyl (C=O) groups is 1. The molecule has 0 fully saturated rings. The molecular weight excluding hydrogens is 433 g/mol. The van der Waals surface area contributed by atoms with Gasteiger partial charge in [0.2, 0.25) is 0 Å². The standard InChI is InChI=1S/C25H21F3N2O3/c1-15-16(4-9-22(30-15)17-2-5-19(6-3-17)25(26,27)28)10-11-33-20-7-8-21-18(12-24(31)32)14-29-23(21)13-20/h2-9,13-14,29H,10-12H2,1H3,(H,31,32). The van der Waals surface area contributed by atoms with Gasteiger partial charge in [-0.25, -0.2) is 0 Å². The quantitative estimate of drug-likeness (QED) is 0.370. The van der Waals surface area contributed by atoms with Gasteiger partial charge in [0, 0.05) is 40.8 Å². The Balaban J connectivity index is 1.39. The number of nitrogens with one attached hydrogen (secondary N) is 1. The molecule has 0 aliphatic rings. The van der Waals surface area contributed by atoms with Crippen molar-refractivity contribution in [1.29, 1.82) is 0 Å². The first-order valence-electron chi connectivity index (χ1n) is 10.3. The fourth-order valence-electron chi connectivity index (χ4n) is 3.69. The minimum absolute atomic E-state index is 0.0467. The molecule has 0 amide bonds. The van der Waals surface area contributed by atoms with E-state index in [0.717, 1.165) is 39.9 Å². The Kier molecular flexibility index (Phi) is 6.09. The molecule has 0 aliphatic carbocycles. The molecule has 2 heterocycles. The summed E-state index contributed by atoms with van der Waals surface area (Å²) in [7, 11) is 0. The second-order valence-corrected chi connectivity index (χ2v) is 7.71. The number of aromatic amines is 1. The molecule has 0 aliphatic heterocycles. The number of rotatable bonds is 7. The van der Waals surface area contributed by atoms with Crippen molar-refractivity contribution in [3.05, 3.63) is 83.2 Å². The summed E-state index contributed by atoms with van der Waals surface area (Å²) in [5.74, 6) is -0.220. The van der Waals surface area contributed by atoms with E-state index in [2.05, 4.69) is 9.97 Å². The number of benzene rings is 2. The predicted molar refractivity (Wildman–Crippen MR) is 118 cm³/mol. The van der Waals surface area contributed by atoms with Crippen molar-refractivity contribution in [2.45, 2.75) is 25.9 Å². The third kappa shape index (κ3) is 5.16. The highest BCUT2D eigenvalue weighted by Gasteiger charge is 2.30. The largest absolute Gasteiger partial charge is 0.493 e. The lowest BCUT2D eigenvalue weighted by Crippen LogP contribution is -2.05. The molecule has 0 atom stereocenters. The average molecular weight is 454 g/mol. The summed E-state index contributed by atoms with van der Waals surface area (Å²) in [6.45, 7) is 2.27. The monoisotopic (exact) mass is 454 g/mol. The van der Waals surface area contributed by atoms with Crippen LogP contribution in [0.1, 0.15) is 22.4 Å². The first-order chi connectivity index (χ1) is 15.7. The van der Waals surface area contributed by atoms with Crippen LogP contribution in [0.2, 0.25) is 0 Å². The zero-order valence-electron chi connectivity index (χ0n) is 17.7. The van der Waals surface area contributed by atoms with Crippen molar-refractivity contribution in [3.63, 3.8) is 0 Å². The summed E-state index contributed by atoms with van der Waals surface area (Å²) in [6, 6.07) is 14.1. The smallest absolute Gasteiger partial charge is 0.416 e. The number of nitrogens with zero attached hydrogens (tertiary/aromatic N) is 1. The number of aliphatic carboxylic acids is 1. The second-order valence-electron chi connectivity index (χ2n) is 7.71. The lowest BCUT2D eigenvalue weighted by molar-refractivity contribution is -0.138. The van der Waals surface area contributed by atoms with Gasteiger partial charge in [-0.2, -0.15) is 13.2 Å². The molecule has 2 aromatic carbocycles. The summed E-state index contributed by atoms with van der Waals surface area (Å²) in [4.78, 5) is 18.6. The normalized spacial score (nSPS) is 11.6. The fourth-order valence-corrected chi connectivity index (χ4v) is 3.69. The minimum atomic E-state index is -4.36. The van der Waals surface area contributed by atoms with Crippen LogP contribution in [-0.2, 0) is 23.8 Å². The molecular formula is C25H21F3N2O3. The van der Waals surface area contributed by atoms with Crippen LogP contribution >= 0.6 is 0 Å². The Morgan fingerprint density at radius 2 is 1.82 bits per heavy atom. The van der Waals surface area contributed by atoms with Crippen LogP contribution < -0.4 is 4.74 Å². The molecule has 2 aromatic heterocycles. The Morgan fingerprint density at radius 3 is 2.48 bits per heavy atom. The van der Waals surface area contributed by atoms with Gasteiger partial charge in [0.05, 0.1) is 24.3 Å². The Labute approximate surface area is 187 Å². The van der Waals surface area contributed by atoms with E-state index >= 15 is 0 Å². The topological polar surface area (TPSA) is 75.2 Å². The van der Waals surface area contributed by atoms with Gasteiger partial charge in [0.1, 0.15) is 5.75 Å². The number of aromatic nitrogens is 2. The van der Waals surface area contributed by atoms with Crippen LogP contribution in [0, 0.1) is 6.92 Å². The molecule has 2 N–H and O–H groups in total. The van der Waals surface area contributed by atoms with Gasteiger partial charge in [0.25, 0.3) is 0 Å². The third-order valence-corrected chi connectivity index (χ3v) is 5.42. The molecule has 8 heteroatoms. The molecule has 0 saturated carbocycles. The van der Waals surface area contributed by atoms with Crippen molar-refractivity contribution in [2.75, 3.05) is 6.61 Å². The van der Waals surface area contributed by atoms with Crippen molar-refractivity contribution in [3.8, 4) is 17.0 Å². The van der Waals surface area contributed by atoms with E-state index in [4.69, 9.17) is 9.84 Å². The van der Waals surface area contributed by atoms with Crippen LogP contribution in [-0.4, -0.2) is 27.7 Å². The maximum Gasteiger partial charge on any atom is 0.416 e. The van der Waals surface area contributed by atoms with Crippen molar-refractivity contribution in [2.24, 2.45) is 0 Å². The van der Waals surface area contributed by atoms with Crippen LogP contribution in [0.5, 0.6) is 5.75 Å². The van der Waals surface area contributed by atoms with E-state index in [9.17, 15) is 18.0 Å². The maximum atomic E-state index is 12.8. The number of hydrogen-bond acceptors (Lipinski definition) is 3. The highest BCUT2D eigenvalue weighted by atomic mass is 19.4. The molecule has 0 radical (unpaired) electrons.